The van der Waals surface area contributed by atoms with Crippen LogP contribution in [0.1, 0.15) is 36.6 Å². The van der Waals surface area contributed by atoms with E-state index in [0.29, 0.717) is 52.2 Å². The number of allylic oxidation sites excluding steroid dienone is 1. The summed E-state index contributed by atoms with van der Waals surface area (Å²) in [6.07, 6.45) is 1.46. The third-order valence-corrected chi connectivity index (χ3v) is 7.07. The fourth-order valence-corrected chi connectivity index (χ4v) is 4.84. The molecule has 14 heteroatoms. The fraction of sp³-hybridized carbons (Fsp3) is 0.273. The van der Waals surface area contributed by atoms with Gasteiger partial charge in [0, 0.05) is 5.70 Å². The molecule has 3 aromatic rings. The van der Waals surface area contributed by atoms with Crippen LogP contribution in [0.25, 0.3) is 0 Å². The summed E-state index contributed by atoms with van der Waals surface area (Å²) in [5.74, 6) is 1.89. The van der Waals surface area contributed by atoms with Crippen LogP contribution in [0.15, 0.2) is 71.0 Å². The Hall–Kier alpha value is -5.92. The average molecular weight is 647 g/mol. The monoisotopic (exact) mass is 646 g/mol. The van der Waals surface area contributed by atoms with Crippen molar-refractivity contribution in [3.8, 4) is 34.5 Å². The molecule has 3 aromatic carbocycles. The second kappa shape index (κ2) is 14.9. The van der Waals surface area contributed by atoms with E-state index in [1.807, 2.05) is 18.2 Å². The number of rotatable bonds is 13. The minimum atomic E-state index is -0.780. The van der Waals surface area contributed by atoms with E-state index in [1.165, 1.54) is 20.4 Å². The van der Waals surface area contributed by atoms with Crippen molar-refractivity contribution in [1.29, 1.82) is 0 Å². The van der Waals surface area contributed by atoms with Gasteiger partial charge in [0.1, 0.15) is 6.61 Å². The number of hydrazone groups is 1. The summed E-state index contributed by atoms with van der Waals surface area (Å²) in [6, 6.07) is 14.5. The number of nitrogens with one attached hydrogen (secondary N) is 3. The van der Waals surface area contributed by atoms with Crippen molar-refractivity contribution in [2.45, 2.75) is 26.5 Å². The molecule has 0 bridgehead atoms. The Morgan fingerprint density at radius 3 is 2.49 bits per heavy atom. The van der Waals surface area contributed by atoms with Gasteiger partial charge in [0.15, 0.2) is 41.1 Å². The highest BCUT2D eigenvalue weighted by Gasteiger charge is 2.32. The Kier molecular flexibility index (Phi) is 10.3. The van der Waals surface area contributed by atoms with E-state index < -0.39 is 23.9 Å². The summed E-state index contributed by atoms with van der Waals surface area (Å²) in [5.41, 5.74) is 5.19. The maximum atomic E-state index is 12.6. The summed E-state index contributed by atoms with van der Waals surface area (Å²) >= 11 is 0. The number of fused-ring (bicyclic) bond motifs is 1. The van der Waals surface area contributed by atoms with E-state index in [2.05, 4.69) is 21.2 Å². The molecule has 14 nitrogen and oxygen atoms in total. The number of hydrogen-bond acceptors (Lipinski definition) is 11. The van der Waals surface area contributed by atoms with Gasteiger partial charge >= 0.3 is 12.0 Å². The van der Waals surface area contributed by atoms with Crippen molar-refractivity contribution in [3.05, 3.63) is 82.6 Å². The highest BCUT2D eigenvalue weighted by atomic mass is 16.7. The standard InChI is InChI=1S/C33H34N4O10/c1-5-43-32(39)30-19(2)35-33(40)36-31(30)22-8-11-24(27(14-22)42-4)45-17-29(38)37-34-15-20-6-9-23(26(12-20)41-3)44-16-21-7-10-25-28(13-21)47-18-46-25/h6-15,31H,5,16-18H2,1-4H3,(H,37,38)(H2,35,36,40)/b34-15-/t31-/m1/s1. The van der Waals surface area contributed by atoms with E-state index in [0.717, 1.165) is 5.56 Å². The zero-order chi connectivity index (χ0) is 33.3. The van der Waals surface area contributed by atoms with Crippen LogP contribution >= 0.6 is 0 Å². The van der Waals surface area contributed by atoms with Gasteiger partial charge in [-0.15, -0.1) is 0 Å². The minimum absolute atomic E-state index is 0.179. The summed E-state index contributed by atoms with van der Waals surface area (Å²) in [4.78, 5) is 37.3. The van der Waals surface area contributed by atoms with E-state index in [4.69, 9.17) is 33.2 Å². The molecular weight excluding hydrogens is 612 g/mol. The van der Waals surface area contributed by atoms with Gasteiger partial charge in [-0.3, -0.25) is 4.79 Å². The smallest absolute Gasteiger partial charge is 0.338 e. The van der Waals surface area contributed by atoms with Crippen LogP contribution in [0.4, 0.5) is 4.79 Å². The maximum Gasteiger partial charge on any atom is 0.338 e. The Bertz CT molecular complexity index is 1720. The molecule has 0 saturated carbocycles. The van der Waals surface area contributed by atoms with Gasteiger partial charge in [0.25, 0.3) is 5.91 Å². The van der Waals surface area contributed by atoms with Crippen molar-refractivity contribution in [3.63, 3.8) is 0 Å². The molecule has 0 radical (unpaired) electrons. The molecule has 0 fully saturated rings. The van der Waals surface area contributed by atoms with Crippen LogP contribution in [0.5, 0.6) is 34.5 Å². The molecule has 0 saturated heterocycles. The highest BCUT2D eigenvalue weighted by Crippen LogP contribution is 2.35. The second-order valence-electron chi connectivity index (χ2n) is 10.2. The summed E-state index contributed by atoms with van der Waals surface area (Å²) in [5, 5.41) is 9.33. The van der Waals surface area contributed by atoms with E-state index in [1.54, 1.807) is 50.2 Å². The van der Waals surface area contributed by atoms with Gasteiger partial charge in [-0.2, -0.15) is 5.10 Å². The lowest BCUT2D eigenvalue weighted by atomic mass is 9.95. The van der Waals surface area contributed by atoms with Crippen molar-refractivity contribution >= 4 is 24.1 Å². The number of carbonyl (C=O) groups excluding carboxylic acids is 3. The van der Waals surface area contributed by atoms with Crippen molar-refractivity contribution in [1.82, 2.24) is 16.1 Å². The average Bonchev–Trinajstić information content (AvgIpc) is 3.54. The number of hydrogen-bond donors (Lipinski definition) is 3. The molecule has 0 aromatic heterocycles. The van der Waals surface area contributed by atoms with Crippen LogP contribution in [0.3, 0.4) is 0 Å². The minimum Gasteiger partial charge on any atom is -0.493 e. The van der Waals surface area contributed by atoms with Gasteiger partial charge in [-0.25, -0.2) is 15.0 Å². The zero-order valence-corrected chi connectivity index (χ0v) is 26.2. The maximum absolute atomic E-state index is 12.6. The number of amides is 3. The normalized spacial score (nSPS) is 15.1. The second-order valence-corrected chi connectivity index (χ2v) is 10.2. The molecule has 2 heterocycles. The van der Waals surface area contributed by atoms with Gasteiger partial charge < -0.3 is 43.8 Å². The molecule has 5 rings (SSSR count). The lowest BCUT2D eigenvalue weighted by molar-refractivity contribution is -0.139. The lowest BCUT2D eigenvalue weighted by Crippen LogP contribution is -2.45. The molecule has 2 aliphatic heterocycles. The first-order valence-electron chi connectivity index (χ1n) is 14.6. The Morgan fingerprint density at radius 1 is 0.957 bits per heavy atom. The van der Waals surface area contributed by atoms with Gasteiger partial charge in [0.2, 0.25) is 6.79 Å². The molecule has 0 spiro atoms. The van der Waals surface area contributed by atoms with Gasteiger partial charge in [-0.1, -0.05) is 12.1 Å². The SMILES string of the molecule is CCOC(=O)C1=C(C)NC(=O)N[C@@H]1c1ccc(OCC(=O)N/N=C\c2ccc(OCc3ccc4c(c3)OCO4)c(OC)c2)c(OC)c1. The van der Waals surface area contributed by atoms with E-state index in [9.17, 15) is 14.4 Å². The van der Waals surface area contributed by atoms with Crippen molar-refractivity contribution in [2.75, 3.05) is 34.2 Å². The number of urea groups is 1. The zero-order valence-electron chi connectivity index (χ0n) is 26.2. The molecule has 0 unspecified atom stereocenters. The summed E-state index contributed by atoms with van der Waals surface area (Å²) in [6.45, 7) is 3.64. The molecule has 3 amide bonds. The third-order valence-electron chi connectivity index (χ3n) is 7.07. The molecule has 2 aliphatic rings. The molecule has 246 valence electrons. The highest BCUT2D eigenvalue weighted by molar-refractivity contribution is 5.95. The topological polar surface area (TPSA) is 164 Å². The predicted molar refractivity (Wildman–Crippen MR) is 168 cm³/mol. The van der Waals surface area contributed by atoms with Gasteiger partial charge in [-0.05, 0) is 73.0 Å². The first kappa shape index (κ1) is 32.5. The van der Waals surface area contributed by atoms with E-state index in [-0.39, 0.29) is 31.3 Å². The fourth-order valence-electron chi connectivity index (χ4n) is 4.84. The number of esters is 1. The summed E-state index contributed by atoms with van der Waals surface area (Å²) < 4.78 is 38.5. The Labute approximate surface area is 270 Å². The number of methoxy groups -OCH3 is 2. The molecule has 0 aliphatic carbocycles. The quantitative estimate of drug-likeness (QED) is 0.142. The number of nitrogens with zero attached hydrogens (tertiary/aromatic N) is 1. The van der Waals surface area contributed by atoms with Crippen molar-refractivity contribution < 1.29 is 47.5 Å². The summed E-state index contributed by atoms with van der Waals surface area (Å²) in [7, 11) is 2.97. The predicted octanol–water partition coefficient (Wildman–Crippen LogP) is 3.73. The van der Waals surface area contributed by atoms with Gasteiger partial charge in [0.05, 0.1) is 38.7 Å². The molecule has 1 atom stereocenters. The Balaban J connectivity index is 1.16. The van der Waals surface area contributed by atoms with Crippen molar-refractivity contribution in [2.24, 2.45) is 5.10 Å². The lowest BCUT2D eigenvalue weighted by Gasteiger charge is -2.28. The third kappa shape index (κ3) is 7.84. The molecule has 3 N–H and O–H groups in total. The van der Waals surface area contributed by atoms with E-state index >= 15 is 0 Å². The van der Waals surface area contributed by atoms with Crippen LogP contribution in [-0.2, 0) is 20.9 Å². The first-order valence-corrected chi connectivity index (χ1v) is 14.6. The molecular formula is C33H34N4O10. The largest absolute Gasteiger partial charge is 0.493 e. The molecule has 47 heavy (non-hydrogen) atoms. The first-order chi connectivity index (χ1) is 22.8. The van der Waals surface area contributed by atoms with Crippen LogP contribution in [-0.4, -0.2) is 58.3 Å². The number of ether oxygens (including phenoxy) is 7. The van der Waals surface area contributed by atoms with Crippen LogP contribution < -0.4 is 44.5 Å². The Morgan fingerprint density at radius 2 is 1.70 bits per heavy atom. The number of benzene rings is 3. The van der Waals surface area contributed by atoms with Crippen LogP contribution in [0, 0.1) is 0 Å². The number of carbonyl (C=O) groups is 3. The van der Waals surface area contributed by atoms with Crippen LogP contribution in [0.2, 0.25) is 0 Å².